The second kappa shape index (κ2) is 3.90. The van der Waals surface area contributed by atoms with E-state index in [4.69, 9.17) is 0 Å². The highest BCUT2D eigenvalue weighted by atomic mass is 127. The smallest absolute Gasteiger partial charge is 0.0166 e. The van der Waals surface area contributed by atoms with Gasteiger partial charge in [-0.1, -0.05) is 54.5 Å². The Morgan fingerprint density at radius 2 is 1.44 bits per heavy atom. The Morgan fingerprint density at radius 1 is 1.00 bits per heavy atom. The Kier molecular flexibility index (Phi) is 3.81. The van der Waals surface area contributed by atoms with Gasteiger partial charge in [0.1, 0.15) is 0 Å². The van der Waals surface area contributed by atoms with Gasteiger partial charge in [0, 0.05) is 13.6 Å². The standard InChI is InChI=1S/C6H9Br2I/c7-4-1-5(8)3-6(9)2-4/h4-6H,1-3H2. The van der Waals surface area contributed by atoms with Crippen LogP contribution in [0.4, 0.5) is 0 Å². The fourth-order valence-electron chi connectivity index (χ4n) is 1.12. The van der Waals surface area contributed by atoms with E-state index < -0.39 is 0 Å². The first kappa shape index (κ1) is 8.78. The molecular weight excluding hydrogens is 359 g/mol. The van der Waals surface area contributed by atoms with Crippen molar-refractivity contribution in [2.75, 3.05) is 0 Å². The van der Waals surface area contributed by atoms with Crippen LogP contribution < -0.4 is 0 Å². The highest BCUT2D eigenvalue weighted by Crippen LogP contribution is 2.32. The predicted molar refractivity (Wildman–Crippen MR) is 57.1 cm³/mol. The van der Waals surface area contributed by atoms with Crippen LogP contribution >= 0.6 is 54.5 Å². The molecule has 2 unspecified atom stereocenters. The van der Waals surface area contributed by atoms with E-state index in [9.17, 15) is 0 Å². The fraction of sp³-hybridized carbons (Fsp3) is 1.00. The van der Waals surface area contributed by atoms with Gasteiger partial charge in [-0.15, -0.1) is 0 Å². The fourth-order valence-corrected chi connectivity index (χ4v) is 6.05. The zero-order valence-corrected chi connectivity index (χ0v) is 10.3. The van der Waals surface area contributed by atoms with Gasteiger partial charge in [-0.3, -0.25) is 0 Å². The average Bonchev–Trinajstić information content (AvgIpc) is 1.59. The molecule has 0 saturated heterocycles. The van der Waals surface area contributed by atoms with E-state index in [1.54, 1.807) is 0 Å². The zero-order valence-electron chi connectivity index (χ0n) is 4.99. The van der Waals surface area contributed by atoms with Crippen molar-refractivity contribution in [3.8, 4) is 0 Å². The van der Waals surface area contributed by atoms with E-state index in [0.29, 0.717) is 0 Å². The molecule has 0 spiro atoms. The maximum Gasteiger partial charge on any atom is 0.0166 e. The molecule has 0 aromatic heterocycles. The number of rotatable bonds is 0. The van der Waals surface area contributed by atoms with Crippen LogP contribution in [0.25, 0.3) is 0 Å². The number of hydrogen-bond donors (Lipinski definition) is 0. The molecule has 0 aliphatic heterocycles. The molecule has 0 nitrogen and oxygen atoms in total. The van der Waals surface area contributed by atoms with Crippen LogP contribution in [0.1, 0.15) is 19.3 Å². The summed E-state index contributed by atoms with van der Waals surface area (Å²) in [6, 6.07) is 0. The van der Waals surface area contributed by atoms with Crippen LogP contribution in [0.15, 0.2) is 0 Å². The molecule has 1 aliphatic rings. The van der Waals surface area contributed by atoms with E-state index in [-0.39, 0.29) is 0 Å². The van der Waals surface area contributed by atoms with Crippen LogP contribution in [0, 0.1) is 0 Å². The lowest BCUT2D eigenvalue weighted by atomic mass is 10.0. The van der Waals surface area contributed by atoms with Crippen LogP contribution in [-0.4, -0.2) is 13.6 Å². The Balaban J connectivity index is 2.34. The minimum atomic E-state index is 0.748. The normalized spacial score (nSPS) is 45.0. The van der Waals surface area contributed by atoms with Crippen LogP contribution in [0.5, 0.6) is 0 Å². The molecule has 0 amide bonds. The van der Waals surface area contributed by atoms with Gasteiger partial charge in [0.2, 0.25) is 0 Å². The van der Waals surface area contributed by atoms with Gasteiger partial charge in [-0.05, 0) is 19.3 Å². The molecule has 0 aromatic rings. The highest BCUT2D eigenvalue weighted by Gasteiger charge is 2.23. The molecule has 0 heterocycles. The Labute approximate surface area is 86.6 Å². The second-order valence-electron chi connectivity index (χ2n) is 2.50. The minimum Gasteiger partial charge on any atom is -0.0890 e. The third kappa shape index (κ3) is 3.06. The van der Waals surface area contributed by atoms with Gasteiger partial charge in [0.25, 0.3) is 0 Å². The van der Waals surface area contributed by atoms with Gasteiger partial charge in [-0.2, -0.15) is 0 Å². The first-order valence-corrected chi connectivity index (χ1v) is 6.18. The molecule has 0 N–H and O–H groups in total. The molecule has 2 atom stereocenters. The Bertz CT molecular complexity index is 72.0. The van der Waals surface area contributed by atoms with E-state index >= 15 is 0 Å². The lowest BCUT2D eigenvalue weighted by Crippen LogP contribution is -2.22. The van der Waals surface area contributed by atoms with E-state index in [2.05, 4.69) is 54.5 Å². The molecule has 3 heteroatoms. The van der Waals surface area contributed by atoms with Gasteiger partial charge in [-0.25, -0.2) is 0 Å². The molecule has 1 fully saturated rings. The van der Waals surface area contributed by atoms with E-state index in [1.807, 2.05) is 0 Å². The van der Waals surface area contributed by atoms with Gasteiger partial charge in [0.05, 0.1) is 0 Å². The summed E-state index contributed by atoms with van der Waals surface area (Å²) in [5.74, 6) is 0. The molecule has 0 radical (unpaired) electrons. The van der Waals surface area contributed by atoms with Gasteiger partial charge < -0.3 is 0 Å². The summed E-state index contributed by atoms with van der Waals surface area (Å²) >= 11 is 9.80. The third-order valence-electron chi connectivity index (χ3n) is 1.53. The topological polar surface area (TPSA) is 0 Å². The van der Waals surface area contributed by atoms with Gasteiger partial charge in [0.15, 0.2) is 0 Å². The van der Waals surface area contributed by atoms with E-state index in [1.165, 1.54) is 19.3 Å². The number of halogens is 3. The summed E-state index contributed by atoms with van der Waals surface area (Å²) in [6.45, 7) is 0. The Hall–Kier alpha value is 1.69. The lowest BCUT2D eigenvalue weighted by Gasteiger charge is -2.25. The summed E-state index contributed by atoms with van der Waals surface area (Å²) in [5, 5.41) is 0. The zero-order chi connectivity index (χ0) is 6.85. The van der Waals surface area contributed by atoms with Crippen LogP contribution in [0.2, 0.25) is 0 Å². The minimum absolute atomic E-state index is 0.748. The summed E-state index contributed by atoms with van der Waals surface area (Å²) < 4.78 is 0.866. The third-order valence-corrected chi connectivity index (χ3v) is 4.05. The summed E-state index contributed by atoms with van der Waals surface area (Å²) in [6.07, 6.45) is 3.96. The first-order chi connectivity index (χ1) is 4.18. The maximum absolute atomic E-state index is 3.63. The number of alkyl halides is 3. The molecule has 0 bridgehead atoms. The van der Waals surface area contributed by atoms with Crippen molar-refractivity contribution in [1.82, 2.24) is 0 Å². The van der Waals surface area contributed by atoms with Crippen LogP contribution in [0.3, 0.4) is 0 Å². The van der Waals surface area contributed by atoms with Crippen molar-refractivity contribution in [2.24, 2.45) is 0 Å². The molecule has 9 heavy (non-hydrogen) atoms. The van der Waals surface area contributed by atoms with Crippen molar-refractivity contribution >= 4 is 54.5 Å². The molecular formula is C6H9Br2I. The highest BCUT2D eigenvalue weighted by molar-refractivity contribution is 14.1. The number of hydrogen-bond acceptors (Lipinski definition) is 0. The van der Waals surface area contributed by atoms with Crippen molar-refractivity contribution in [3.63, 3.8) is 0 Å². The molecule has 1 aliphatic carbocycles. The molecule has 0 aromatic carbocycles. The molecule has 54 valence electrons. The van der Waals surface area contributed by atoms with Crippen LogP contribution in [-0.2, 0) is 0 Å². The first-order valence-electron chi connectivity index (χ1n) is 3.10. The SMILES string of the molecule is BrC1CC(Br)CC(I)C1. The monoisotopic (exact) mass is 366 g/mol. The van der Waals surface area contributed by atoms with Gasteiger partial charge >= 0.3 is 0 Å². The van der Waals surface area contributed by atoms with Crippen molar-refractivity contribution in [1.29, 1.82) is 0 Å². The lowest BCUT2D eigenvalue weighted by molar-refractivity contribution is 0.565. The van der Waals surface area contributed by atoms with Crippen molar-refractivity contribution in [2.45, 2.75) is 32.8 Å². The van der Waals surface area contributed by atoms with Crippen molar-refractivity contribution < 1.29 is 0 Å². The molecule has 1 saturated carbocycles. The quantitative estimate of drug-likeness (QED) is 0.454. The predicted octanol–water partition coefficient (Wildman–Crippen LogP) is 3.50. The largest absolute Gasteiger partial charge is 0.0890 e. The average molecular weight is 368 g/mol. The summed E-state index contributed by atoms with van der Waals surface area (Å²) in [7, 11) is 0. The summed E-state index contributed by atoms with van der Waals surface area (Å²) in [5.41, 5.74) is 0. The molecule has 1 rings (SSSR count). The second-order valence-corrected chi connectivity index (χ2v) is 6.85. The summed E-state index contributed by atoms with van der Waals surface area (Å²) in [4.78, 5) is 1.50. The van der Waals surface area contributed by atoms with E-state index in [0.717, 1.165) is 13.6 Å². The van der Waals surface area contributed by atoms with Crippen molar-refractivity contribution in [3.05, 3.63) is 0 Å². The Morgan fingerprint density at radius 3 is 1.78 bits per heavy atom. The maximum atomic E-state index is 3.63.